The Morgan fingerprint density at radius 2 is 2.23 bits per heavy atom. The van der Waals surface area contributed by atoms with Crippen LogP contribution in [0.5, 0.6) is 0 Å². The van der Waals surface area contributed by atoms with Crippen LogP contribution in [-0.4, -0.2) is 41.7 Å². The Bertz CT molecular complexity index is 591. The number of nitrogens with zero attached hydrogens (tertiary/aromatic N) is 2. The monoisotopic (exact) mass is 362 g/mol. The Morgan fingerprint density at radius 1 is 1.36 bits per heavy atom. The van der Waals surface area contributed by atoms with Crippen molar-refractivity contribution >= 4 is 47.2 Å². The standard InChI is InChI=1S/C13H14N4O2S.2ClH/c18-12(11-7-14-5-6-19-11)17-13-16-10(8-20-13)9-3-1-2-4-15-9;;/h1-4,8,11,14H,5-7H2,(H,16,17,18);2*1H. The van der Waals surface area contributed by atoms with Crippen molar-refractivity contribution in [2.24, 2.45) is 0 Å². The van der Waals surface area contributed by atoms with E-state index in [1.54, 1.807) is 6.20 Å². The molecule has 2 N–H and O–H groups in total. The molecular weight excluding hydrogens is 347 g/mol. The van der Waals surface area contributed by atoms with Gasteiger partial charge in [-0.3, -0.25) is 15.1 Å². The Hall–Kier alpha value is -1.25. The highest BCUT2D eigenvalue weighted by molar-refractivity contribution is 7.14. The molecule has 0 aliphatic carbocycles. The molecule has 2 aromatic heterocycles. The zero-order valence-electron chi connectivity index (χ0n) is 11.5. The topological polar surface area (TPSA) is 76.1 Å². The van der Waals surface area contributed by atoms with E-state index in [1.807, 2.05) is 23.6 Å². The van der Waals surface area contributed by atoms with E-state index in [9.17, 15) is 4.79 Å². The molecule has 9 heteroatoms. The number of carbonyl (C=O) groups excluding carboxylic acids is 1. The van der Waals surface area contributed by atoms with Gasteiger partial charge in [0.25, 0.3) is 5.91 Å². The lowest BCUT2D eigenvalue weighted by Gasteiger charge is -2.22. The van der Waals surface area contributed by atoms with Crippen molar-refractivity contribution in [2.75, 3.05) is 25.0 Å². The molecular formula is C13H16Cl2N4O2S. The van der Waals surface area contributed by atoms with Crippen LogP contribution in [0.25, 0.3) is 11.4 Å². The summed E-state index contributed by atoms with van der Waals surface area (Å²) in [5.74, 6) is -0.167. The highest BCUT2D eigenvalue weighted by Gasteiger charge is 2.22. The molecule has 0 aromatic carbocycles. The Morgan fingerprint density at radius 3 is 2.91 bits per heavy atom. The lowest BCUT2D eigenvalue weighted by molar-refractivity contribution is -0.128. The number of pyridine rings is 1. The van der Waals surface area contributed by atoms with Crippen LogP contribution in [0.15, 0.2) is 29.8 Å². The van der Waals surface area contributed by atoms with Crippen molar-refractivity contribution in [1.82, 2.24) is 15.3 Å². The summed E-state index contributed by atoms with van der Waals surface area (Å²) < 4.78 is 5.39. The summed E-state index contributed by atoms with van der Waals surface area (Å²) in [5, 5.41) is 8.33. The zero-order chi connectivity index (χ0) is 13.8. The third-order valence-corrected chi connectivity index (χ3v) is 3.64. The first-order chi connectivity index (χ1) is 9.83. The van der Waals surface area contributed by atoms with E-state index in [-0.39, 0.29) is 30.7 Å². The predicted molar refractivity (Wildman–Crippen MR) is 91.1 cm³/mol. The van der Waals surface area contributed by atoms with Crippen LogP contribution in [0.1, 0.15) is 0 Å². The number of rotatable bonds is 3. The number of morpholine rings is 1. The quantitative estimate of drug-likeness (QED) is 0.872. The second kappa shape index (κ2) is 9.02. The van der Waals surface area contributed by atoms with Gasteiger partial charge in [0.2, 0.25) is 0 Å². The molecule has 1 saturated heterocycles. The molecule has 0 bridgehead atoms. The number of nitrogens with one attached hydrogen (secondary N) is 2. The first-order valence-electron chi connectivity index (χ1n) is 6.33. The summed E-state index contributed by atoms with van der Waals surface area (Å²) in [6.07, 6.45) is 1.26. The highest BCUT2D eigenvalue weighted by Crippen LogP contribution is 2.23. The van der Waals surface area contributed by atoms with Crippen molar-refractivity contribution < 1.29 is 9.53 Å². The average Bonchev–Trinajstić information content (AvgIpc) is 2.97. The minimum Gasteiger partial charge on any atom is -0.366 e. The van der Waals surface area contributed by atoms with Gasteiger partial charge in [-0.2, -0.15) is 0 Å². The molecule has 0 spiro atoms. The Kier molecular flexibility index (Phi) is 7.70. The fourth-order valence-corrected chi connectivity index (χ4v) is 2.59. The maximum absolute atomic E-state index is 12.0. The second-order valence-corrected chi connectivity index (χ2v) is 5.16. The summed E-state index contributed by atoms with van der Waals surface area (Å²) in [6, 6.07) is 5.64. The SMILES string of the molecule is Cl.Cl.O=C(Nc1nc(-c2ccccn2)cs1)C1CNCCO1. The molecule has 120 valence electrons. The molecule has 1 aliphatic heterocycles. The molecule has 1 fully saturated rings. The van der Waals surface area contributed by atoms with E-state index in [2.05, 4.69) is 20.6 Å². The summed E-state index contributed by atoms with van der Waals surface area (Å²) in [5.41, 5.74) is 1.55. The lowest BCUT2D eigenvalue weighted by Crippen LogP contribution is -2.45. The van der Waals surface area contributed by atoms with Crippen molar-refractivity contribution in [1.29, 1.82) is 0 Å². The molecule has 1 unspecified atom stereocenters. The molecule has 22 heavy (non-hydrogen) atoms. The van der Waals surface area contributed by atoms with Crippen LogP contribution in [0.3, 0.4) is 0 Å². The van der Waals surface area contributed by atoms with Crippen molar-refractivity contribution in [2.45, 2.75) is 6.10 Å². The number of ether oxygens (including phenoxy) is 1. The molecule has 0 saturated carbocycles. The van der Waals surface area contributed by atoms with Gasteiger partial charge in [-0.25, -0.2) is 4.98 Å². The molecule has 1 aliphatic rings. The van der Waals surface area contributed by atoms with Gasteiger partial charge in [0.15, 0.2) is 5.13 Å². The van der Waals surface area contributed by atoms with Gasteiger partial charge in [0.1, 0.15) is 11.8 Å². The minimum absolute atomic E-state index is 0. The van der Waals surface area contributed by atoms with E-state index < -0.39 is 6.10 Å². The third kappa shape index (κ3) is 4.62. The maximum Gasteiger partial charge on any atom is 0.256 e. The maximum atomic E-state index is 12.0. The summed E-state index contributed by atoms with van der Waals surface area (Å²) in [7, 11) is 0. The van der Waals surface area contributed by atoms with Crippen LogP contribution in [0.2, 0.25) is 0 Å². The summed E-state index contributed by atoms with van der Waals surface area (Å²) in [4.78, 5) is 20.6. The van der Waals surface area contributed by atoms with Crippen LogP contribution in [-0.2, 0) is 9.53 Å². The molecule has 1 atom stereocenters. The molecule has 2 aromatic rings. The van der Waals surface area contributed by atoms with Crippen LogP contribution < -0.4 is 10.6 Å². The van der Waals surface area contributed by atoms with Crippen molar-refractivity contribution in [3.05, 3.63) is 29.8 Å². The Labute approximate surface area is 144 Å². The average molecular weight is 363 g/mol. The number of anilines is 1. The summed E-state index contributed by atoms with van der Waals surface area (Å²) in [6.45, 7) is 1.87. The zero-order valence-corrected chi connectivity index (χ0v) is 14.0. The van der Waals surface area contributed by atoms with Gasteiger partial charge in [-0.05, 0) is 12.1 Å². The number of thiazole rings is 1. The van der Waals surface area contributed by atoms with Crippen molar-refractivity contribution in [3.8, 4) is 11.4 Å². The van der Waals surface area contributed by atoms with Gasteiger partial charge >= 0.3 is 0 Å². The molecule has 3 heterocycles. The van der Waals surface area contributed by atoms with E-state index in [4.69, 9.17) is 4.74 Å². The molecule has 6 nitrogen and oxygen atoms in total. The third-order valence-electron chi connectivity index (χ3n) is 2.88. The Balaban J connectivity index is 0.00000121. The van der Waals surface area contributed by atoms with E-state index >= 15 is 0 Å². The molecule has 0 radical (unpaired) electrons. The second-order valence-electron chi connectivity index (χ2n) is 4.31. The van der Waals surface area contributed by atoms with E-state index in [0.29, 0.717) is 18.3 Å². The largest absolute Gasteiger partial charge is 0.366 e. The van der Waals surface area contributed by atoms with Crippen LogP contribution in [0.4, 0.5) is 5.13 Å². The highest BCUT2D eigenvalue weighted by atomic mass is 35.5. The van der Waals surface area contributed by atoms with E-state index in [1.165, 1.54) is 11.3 Å². The molecule has 3 rings (SSSR count). The van der Waals surface area contributed by atoms with Gasteiger partial charge < -0.3 is 10.1 Å². The lowest BCUT2D eigenvalue weighted by atomic mass is 10.3. The van der Waals surface area contributed by atoms with Gasteiger partial charge in [0.05, 0.1) is 12.3 Å². The predicted octanol–water partition coefficient (Wildman–Crippen LogP) is 1.98. The number of amides is 1. The van der Waals surface area contributed by atoms with Crippen LogP contribution >= 0.6 is 36.2 Å². The summed E-state index contributed by atoms with van der Waals surface area (Å²) >= 11 is 1.38. The minimum atomic E-state index is -0.453. The fraction of sp³-hybridized carbons (Fsp3) is 0.308. The number of aromatic nitrogens is 2. The smallest absolute Gasteiger partial charge is 0.256 e. The number of carbonyl (C=O) groups is 1. The van der Waals surface area contributed by atoms with E-state index in [0.717, 1.165) is 17.9 Å². The number of hydrogen-bond donors (Lipinski definition) is 2. The molecule has 1 amide bonds. The van der Waals surface area contributed by atoms with Gasteiger partial charge in [-0.1, -0.05) is 6.07 Å². The van der Waals surface area contributed by atoms with Gasteiger partial charge in [0, 0.05) is 24.7 Å². The first-order valence-corrected chi connectivity index (χ1v) is 7.21. The number of hydrogen-bond acceptors (Lipinski definition) is 6. The van der Waals surface area contributed by atoms with Crippen molar-refractivity contribution in [3.63, 3.8) is 0 Å². The van der Waals surface area contributed by atoms with Gasteiger partial charge in [-0.15, -0.1) is 36.2 Å². The van der Waals surface area contributed by atoms with Crippen LogP contribution in [0, 0.1) is 0 Å². The number of halogens is 2. The normalized spacial score (nSPS) is 17.0. The fourth-order valence-electron chi connectivity index (χ4n) is 1.88. The first kappa shape index (κ1) is 18.8.